The van der Waals surface area contributed by atoms with Crippen LogP contribution in [-0.4, -0.2) is 25.1 Å². The van der Waals surface area contributed by atoms with Gasteiger partial charge in [0.15, 0.2) is 0 Å². The summed E-state index contributed by atoms with van der Waals surface area (Å²) < 4.78 is 5.74. The number of carbonyl (C=O) groups is 1. The largest absolute Gasteiger partial charge is 0.489 e. The standard InChI is InChI=1S/C16H25N3O2/c1-11(2)21-14-5-3-4-13(16(14)18)19-8-6-12(7-9-19)10-15(17)20/h3-5,11-12H,6-10,18H2,1-2H3,(H2,17,20). The molecule has 2 rings (SSSR count). The quantitative estimate of drug-likeness (QED) is 0.814. The maximum absolute atomic E-state index is 11.0. The average molecular weight is 291 g/mol. The molecule has 0 radical (unpaired) electrons. The van der Waals surface area contributed by atoms with Crippen LogP contribution in [0.15, 0.2) is 18.2 Å². The molecule has 21 heavy (non-hydrogen) atoms. The summed E-state index contributed by atoms with van der Waals surface area (Å²) in [5, 5.41) is 0. The van der Waals surface area contributed by atoms with E-state index in [1.54, 1.807) is 0 Å². The van der Waals surface area contributed by atoms with Gasteiger partial charge in [0, 0.05) is 19.5 Å². The van der Waals surface area contributed by atoms with Crippen molar-refractivity contribution in [2.45, 2.75) is 39.2 Å². The van der Waals surface area contributed by atoms with Gasteiger partial charge >= 0.3 is 0 Å². The monoisotopic (exact) mass is 291 g/mol. The van der Waals surface area contributed by atoms with E-state index in [9.17, 15) is 4.79 Å². The minimum atomic E-state index is -0.208. The van der Waals surface area contributed by atoms with Crippen LogP contribution in [0, 0.1) is 5.92 Å². The van der Waals surface area contributed by atoms with E-state index < -0.39 is 0 Å². The van der Waals surface area contributed by atoms with Crippen LogP contribution in [0.25, 0.3) is 0 Å². The summed E-state index contributed by atoms with van der Waals surface area (Å²) >= 11 is 0. The van der Waals surface area contributed by atoms with Gasteiger partial charge in [-0.2, -0.15) is 0 Å². The molecule has 0 aromatic heterocycles. The normalized spacial score (nSPS) is 16.2. The zero-order chi connectivity index (χ0) is 15.4. The molecule has 1 aliphatic rings. The molecular formula is C16H25N3O2. The van der Waals surface area contributed by atoms with E-state index in [0.29, 0.717) is 18.0 Å². The second-order valence-corrected chi connectivity index (χ2v) is 5.96. The highest BCUT2D eigenvalue weighted by Crippen LogP contribution is 2.35. The van der Waals surface area contributed by atoms with E-state index in [4.69, 9.17) is 16.2 Å². The number of ether oxygens (including phenoxy) is 1. The van der Waals surface area contributed by atoms with Gasteiger partial charge < -0.3 is 21.1 Å². The molecular weight excluding hydrogens is 266 g/mol. The molecule has 1 amide bonds. The van der Waals surface area contributed by atoms with E-state index >= 15 is 0 Å². The molecule has 1 aromatic carbocycles. The number of primary amides is 1. The van der Waals surface area contributed by atoms with Crippen molar-refractivity contribution in [3.63, 3.8) is 0 Å². The van der Waals surface area contributed by atoms with Crippen molar-refractivity contribution in [3.8, 4) is 5.75 Å². The van der Waals surface area contributed by atoms with Gasteiger partial charge in [-0.3, -0.25) is 4.79 Å². The van der Waals surface area contributed by atoms with E-state index in [0.717, 1.165) is 37.4 Å². The number of carbonyl (C=O) groups excluding carboxylic acids is 1. The lowest BCUT2D eigenvalue weighted by atomic mass is 9.93. The maximum atomic E-state index is 11.0. The van der Waals surface area contributed by atoms with Gasteiger partial charge in [-0.1, -0.05) is 6.07 Å². The number of anilines is 2. The highest BCUT2D eigenvalue weighted by atomic mass is 16.5. The van der Waals surface area contributed by atoms with Crippen molar-refractivity contribution in [2.75, 3.05) is 23.7 Å². The number of nitrogens with zero attached hydrogens (tertiary/aromatic N) is 1. The molecule has 116 valence electrons. The predicted molar refractivity (Wildman–Crippen MR) is 85.4 cm³/mol. The molecule has 0 atom stereocenters. The minimum absolute atomic E-state index is 0.101. The molecule has 4 N–H and O–H groups in total. The Morgan fingerprint density at radius 2 is 2.05 bits per heavy atom. The molecule has 1 heterocycles. The molecule has 0 spiro atoms. The Bertz CT molecular complexity index is 494. The summed E-state index contributed by atoms with van der Waals surface area (Å²) in [6.07, 6.45) is 2.53. The van der Waals surface area contributed by atoms with Crippen LogP contribution in [0.4, 0.5) is 11.4 Å². The van der Waals surface area contributed by atoms with Gasteiger partial charge in [0.25, 0.3) is 0 Å². The highest BCUT2D eigenvalue weighted by molar-refractivity contribution is 5.75. The van der Waals surface area contributed by atoms with E-state index in [2.05, 4.69) is 4.90 Å². The number of rotatable bonds is 5. The third kappa shape index (κ3) is 4.03. The van der Waals surface area contributed by atoms with E-state index in [1.807, 2.05) is 32.0 Å². The summed E-state index contributed by atoms with van der Waals surface area (Å²) in [7, 11) is 0. The second kappa shape index (κ2) is 6.70. The Hall–Kier alpha value is -1.91. The third-order valence-electron chi connectivity index (χ3n) is 3.85. The van der Waals surface area contributed by atoms with Crippen LogP contribution in [0.1, 0.15) is 33.1 Å². The summed E-state index contributed by atoms with van der Waals surface area (Å²) in [4.78, 5) is 13.3. The van der Waals surface area contributed by atoms with E-state index in [-0.39, 0.29) is 12.0 Å². The lowest BCUT2D eigenvalue weighted by molar-refractivity contribution is -0.119. The van der Waals surface area contributed by atoms with Crippen LogP contribution in [0.5, 0.6) is 5.75 Å². The molecule has 1 saturated heterocycles. The average Bonchev–Trinajstić information content (AvgIpc) is 2.41. The minimum Gasteiger partial charge on any atom is -0.489 e. The molecule has 5 nitrogen and oxygen atoms in total. The Morgan fingerprint density at radius 1 is 1.38 bits per heavy atom. The van der Waals surface area contributed by atoms with Gasteiger partial charge in [-0.25, -0.2) is 0 Å². The Balaban J connectivity index is 2.05. The number of nitrogen functional groups attached to an aromatic ring is 1. The van der Waals surface area contributed by atoms with Crippen LogP contribution in [-0.2, 0) is 4.79 Å². The number of hydrogen-bond acceptors (Lipinski definition) is 4. The fourth-order valence-electron chi connectivity index (χ4n) is 2.83. The summed E-state index contributed by atoms with van der Waals surface area (Å²) in [5.41, 5.74) is 13.2. The molecule has 0 aliphatic carbocycles. The number of amides is 1. The number of piperidine rings is 1. The van der Waals surface area contributed by atoms with Gasteiger partial charge in [-0.05, 0) is 44.7 Å². The van der Waals surface area contributed by atoms with Crippen LogP contribution in [0.2, 0.25) is 0 Å². The van der Waals surface area contributed by atoms with Crippen molar-refractivity contribution in [2.24, 2.45) is 11.7 Å². The highest BCUT2D eigenvalue weighted by Gasteiger charge is 2.22. The van der Waals surface area contributed by atoms with Crippen LogP contribution < -0.4 is 21.1 Å². The number of para-hydroxylation sites is 1. The molecule has 0 bridgehead atoms. The molecule has 5 heteroatoms. The first-order valence-electron chi connectivity index (χ1n) is 7.55. The molecule has 1 aliphatic heterocycles. The van der Waals surface area contributed by atoms with E-state index in [1.165, 1.54) is 0 Å². The smallest absolute Gasteiger partial charge is 0.217 e. The molecule has 0 unspecified atom stereocenters. The third-order valence-corrected chi connectivity index (χ3v) is 3.85. The zero-order valence-electron chi connectivity index (χ0n) is 12.8. The number of benzene rings is 1. The van der Waals surface area contributed by atoms with Gasteiger partial charge in [0.2, 0.25) is 5.91 Å². The Kier molecular flexibility index (Phi) is 4.94. The van der Waals surface area contributed by atoms with Gasteiger partial charge in [-0.15, -0.1) is 0 Å². The van der Waals surface area contributed by atoms with Crippen molar-refractivity contribution in [3.05, 3.63) is 18.2 Å². The van der Waals surface area contributed by atoms with Crippen molar-refractivity contribution >= 4 is 17.3 Å². The fraction of sp³-hybridized carbons (Fsp3) is 0.562. The van der Waals surface area contributed by atoms with Crippen molar-refractivity contribution in [1.29, 1.82) is 0 Å². The Labute approximate surface area is 126 Å². The fourth-order valence-corrected chi connectivity index (χ4v) is 2.83. The number of hydrogen-bond donors (Lipinski definition) is 2. The maximum Gasteiger partial charge on any atom is 0.217 e. The Morgan fingerprint density at radius 3 is 2.62 bits per heavy atom. The summed E-state index contributed by atoms with van der Waals surface area (Å²) in [6, 6.07) is 5.90. The van der Waals surface area contributed by atoms with Crippen LogP contribution >= 0.6 is 0 Å². The van der Waals surface area contributed by atoms with Crippen molar-refractivity contribution < 1.29 is 9.53 Å². The zero-order valence-corrected chi connectivity index (χ0v) is 12.8. The van der Waals surface area contributed by atoms with Gasteiger partial charge in [0.05, 0.1) is 17.5 Å². The number of nitrogens with two attached hydrogens (primary N) is 2. The van der Waals surface area contributed by atoms with Crippen molar-refractivity contribution in [1.82, 2.24) is 0 Å². The lowest BCUT2D eigenvalue weighted by Gasteiger charge is -2.34. The predicted octanol–water partition coefficient (Wildman–Crippen LogP) is 2.15. The van der Waals surface area contributed by atoms with Crippen LogP contribution in [0.3, 0.4) is 0 Å². The summed E-state index contributed by atoms with van der Waals surface area (Å²) in [6.45, 7) is 5.77. The first-order chi connectivity index (χ1) is 9.97. The molecule has 1 fully saturated rings. The van der Waals surface area contributed by atoms with Gasteiger partial charge in [0.1, 0.15) is 5.75 Å². The SMILES string of the molecule is CC(C)Oc1cccc(N2CCC(CC(N)=O)CC2)c1N. The lowest BCUT2D eigenvalue weighted by Crippen LogP contribution is -2.35. The first-order valence-corrected chi connectivity index (χ1v) is 7.55. The first kappa shape index (κ1) is 15.5. The molecule has 1 aromatic rings. The second-order valence-electron chi connectivity index (χ2n) is 5.96. The summed E-state index contributed by atoms with van der Waals surface area (Å²) in [5.74, 6) is 0.928. The topological polar surface area (TPSA) is 81.6 Å². The molecule has 0 saturated carbocycles.